The Morgan fingerprint density at radius 2 is 1.84 bits per heavy atom. The first-order valence-electron chi connectivity index (χ1n) is 10.9. The zero-order chi connectivity index (χ0) is 21.4. The number of carbonyl (C=O) groups is 1. The van der Waals surface area contributed by atoms with Crippen molar-refractivity contribution in [3.63, 3.8) is 0 Å². The van der Waals surface area contributed by atoms with E-state index in [0.717, 1.165) is 18.4 Å². The monoisotopic (exact) mass is 417 g/mol. The lowest BCUT2D eigenvalue weighted by molar-refractivity contribution is 0.0790. The smallest absolute Gasteiger partial charge is 0.410 e. The van der Waals surface area contributed by atoms with Gasteiger partial charge in [-0.05, 0) is 41.5 Å². The molecule has 1 fully saturated rings. The van der Waals surface area contributed by atoms with Crippen molar-refractivity contribution >= 4 is 6.09 Å². The molecule has 2 atom stereocenters. The first-order chi connectivity index (χ1) is 15.1. The number of aliphatic hydroxyl groups is 1. The predicted octanol–water partition coefficient (Wildman–Crippen LogP) is 4.26. The van der Waals surface area contributed by atoms with Gasteiger partial charge in [-0.3, -0.25) is 4.68 Å². The number of hydrogen-bond acceptors (Lipinski definition) is 4. The van der Waals surface area contributed by atoms with E-state index in [-0.39, 0.29) is 18.1 Å². The van der Waals surface area contributed by atoms with Gasteiger partial charge in [-0.2, -0.15) is 5.10 Å². The molecule has 0 radical (unpaired) electrons. The van der Waals surface area contributed by atoms with E-state index < -0.39 is 6.10 Å². The van der Waals surface area contributed by atoms with Gasteiger partial charge in [0.1, 0.15) is 6.61 Å². The molecule has 31 heavy (non-hydrogen) atoms. The van der Waals surface area contributed by atoms with Gasteiger partial charge in [-0.15, -0.1) is 0 Å². The second-order valence-corrected chi connectivity index (χ2v) is 8.49. The molecular weight excluding hydrogens is 390 g/mol. The van der Waals surface area contributed by atoms with E-state index in [0.29, 0.717) is 19.6 Å². The molecule has 1 aliphatic carbocycles. The predicted molar refractivity (Wildman–Crippen MR) is 118 cm³/mol. The third kappa shape index (κ3) is 3.72. The lowest BCUT2D eigenvalue weighted by Crippen LogP contribution is -2.37. The Bertz CT molecular complexity index is 1050. The van der Waals surface area contributed by atoms with Crippen LogP contribution in [0.15, 0.2) is 60.9 Å². The maximum absolute atomic E-state index is 13.0. The minimum absolute atomic E-state index is 0.0224. The van der Waals surface area contributed by atoms with Crippen LogP contribution in [-0.2, 0) is 11.8 Å². The molecule has 1 amide bonds. The maximum atomic E-state index is 13.0. The Morgan fingerprint density at radius 1 is 1.16 bits per heavy atom. The molecular formula is C25H27N3O3. The Balaban J connectivity index is 1.26. The summed E-state index contributed by atoms with van der Waals surface area (Å²) in [6, 6.07) is 16.7. The summed E-state index contributed by atoms with van der Waals surface area (Å²) < 4.78 is 7.51. The number of amides is 1. The topological polar surface area (TPSA) is 67.6 Å². The number of fused-ring (bicyclic) bond motifs is 3. The summed E-state index contributed by atoms with van der Waals surface area (Å²) in [4.78, 5) is 14.7. The molecule has 0 bridgehead atoms. The number of aromatic nitrogens is 2. The van der Waals surface area contributed by atoms with Crippen LogP contribution >= 0.6 is 0 Å². The number of hydrogen-bond donors (Lipinski definition) is 1. The molecule has 1 aromatic heterocycles. The van der Waals surface area contributed by atoms with Crippen LogP contribution in [0.3, 0.4) is 0 Å². The number of benzene rings is 2. The number of rotatable bonds is 5. The third-order valence-electron chi connectivity index (χ3n) is 6.55. The Kier molecular flexibility index (Phi) is 5.24. The molecule has 5 rings (SSSR count). The molecule has 0 spiro atoms. The fourth-order valence-corrected chi connectivity index (χ4v) is 5.00. The highest BCUT2D eigenvalue weighted by molar-refractivity contribution is 5.79. The first kappa shape index (κ1) is 19.8. The highest BCUT2D eigenvalue weighted by Crippen LogP contribution is 2.44. The number of aliphatic hydroxyl groups excluding tert-OH is 1. The molecule has 2 aromatic carbocycles. The van der Waals surface area contributed by atoms with Gasteiger partial charge in [0.15, 0.2) is 0 Å². The molecule has 1 aliphatic heterocycles. The Morgan fingerprint density at radius 3 is 2.48 bits per heavy atom. The van der Waals surface area contributed by atoms with Crippen LogP contribution in [0.1, 0.15) is 48.0 Å². The Hall–Kier alpha value is -3.12. The Labute approximate surface area is 182 Å². The van der Waals surface area contributed by atoms with E-state index in [1.54, 1.807) is 15.8 Å². The van der Waals surface area contributed by atoms with Crippen molar-refractivity contribution in [3.8, 4) is 11.1 Å². The van der Waals surface area contributed by atoms with Crippen molar-refractivity contribution in [3.05, 3.63) is 77.6 Å². The minimum atomic E-state index is -0.638. The number of carbonyl (C=O) groups excluding carboxylic acids is 1. The molecule has 2 aliphatic rings. The van der Waals surface area contributed by atoms with Crippen molar-refractivity contribution in [2.45, 2.75) is 37.3 Å². The summed E-state index contributed by atoms with van der Waals surface area (Å²) in [6.07, 6.45) is 4.86. The number of ether oxygens (including phenoxy) is 1. The van der Waals surface area contributed by atoms with Crippen LogP contribution in [0.4, 0.5) is 4.79 Å². The highest BCUT2D eigenvalue weighted by atomic mass is 16.6. The van der Waals surface area contributed by atoms with Gasteiger partial charge in [0.2, 0.25) is 0 Å². The molecule has 160 valence electrons. The number of nitrogens with zero attached hydrogens (tertiary/aromatic N) is 3. The van der Waals surface area contributed by atoms with Crippen LogP contribution in [0.25, 0.3) is 11.1 Å². The average molecular weight is 418 g/mol. The summed E-state index contributed by atoms with van der Waals surface area (Å²) >= 11 is 0. The van der Waals surface area contributed by atoms with Crippen molar-refractivity contribution in [2.75, 3.05) is 13.2 Å². The van der Waals surface area contributed by atoms with E-state index in [9.17, 15) is 9.90 Å². The van der Waals surface area contributed by atoms with Gasteiger partial charge in [-0.1, -0.05) is 48.5 Å². The molecule has 2 heterocycles. The van der Waals surface area contributed by atoms with Crippen LogP contribution in [0, 0.1) is 0 Å². The van der Waals surface area contributed by atoms with Gasteiger partial charge in [-0.25, -0.2) is 4.79 Å². The number of aryl methyl sites for hydroxylation is 1. The second-order valence-electron chi connectivity index (χ2n) is 8.49. The minimum Gasteiger partial charge on any atom is -0.448 e. The van der Waals surface area contributed by atoms with E-state index in [4.69, 9.17) is 4.74 Å². The van der Waals surface area contributed by atoms with Crippen LogP contribution < -0.4 is 0 Å². The molecule has 6 heteroatoms. The van der Waals surface area contributed by atoms with Gasteiger partial charge in [0.25, 0.3) is 0 Å². The van der Waals surface area contributed by atoms with E-state index >= 15 is 0 Å². The van der Waals surface area contributed by atoms with E-state index in [1.165, 1.54) is 22.3 Å². The van der Waals surface area contributed by atoms with Crippen LogP contribution in [0.5, 0.6) is 0 Å². The molecule has 1 N–H and O–H groups in total. The highest BCUT2D eigenvalue weighted by Gasteiger charge is 2.34. The maximum Gasteiger partial charge on any atom is 0.410 e. The van der Waals surface area contributed by atoms with E-state index in [2.05, 4.69) is 29.4 Å². The summed E-state index contributed by atoms with van der Waals surface area (Å²) in [5, 5.41) is 14.7. The van der Waals surface area contributed by atoms with Crippen LogP contribution in [-0.4, -0.2) is 45.1 Å². The van der Waals surface area contributed by atoms with Gasteiger partial charge >= 0.3 is 6.09 Å². The summed E-state index contributed by atoms with van der Waals surface area (Å²) in [5.74, 6) is 0.0541. The second kappa shape index (κ2) is 8.19. The lowest BCUT2D eigenvalue weighted by atomic mass is 9.98. The number of likely N-dealkylation sites (tertiary alicyclic amines) is 1. The largest absolute Gasteiger partial charge is 0.448 e. The summed E-state index contributed by atoms with van der Waals surface area (Å²) in [5.41, 5.74) is 5.64. The molecule has 3 aromatic rings. The third-order valence-corrected chi connectivity index (χ3v) is 6.55. The van der Waals surface area contributed by atoms with Gasteiger partial charge < -0.3 is 14.7 Å². The SMILES string of the molecule is Cn1cc(C(O)CC2CCCN2C(=O)OCC2c3ccccc3-c3ccccc32)cn1. The summed E-state index contributed by atoms with van der Waals surface area (Å²) in [7, 11) is 1.83. The normalized spacial score (nSPS) is 18.6. The van der Waals surface area contributed by atoms with Crippen molar-refractivity contribution < 1.29 is 14.6 Å². The van der Waals surface area contributed by atoms with Gasteiger partial charge in [0.05, 0.1) is 12.3 Å². The van der Waals surface area contributed by atoms with Crippen molar-refractivity contribution in [1.29, 1.82) is 0 Å². The fraction of sp³-hybridized carbons (Fsp3) is 0.360. The van der Waals surface area contributed by atoms with Crippen molar-refractivity contribution in [1.82, 2.24) is 14.7 Å². The van der Waals surface area contributed by atoms with Gasteiger partial charge in [0, 0.05) is 37.3 Å². The average Bonchev–Trinajstić information content (AvgIpc) is 3.50. The molecule has 6 nitrogen and oxygen atoms in total. The zero-order valence-corrected chi connectivity index (χ0v) is 17.6. The van der Waals surface area contributed by atoms with Crippen molar-refractivity contribution in [2.24, 2.45) is 7.05 Å². The molecule has 0 saturated carbocycles. The molecule has 2 unspecified atom stereocenters. The quantitative estimate of drug-likeness (QED) is 0.674. The fourth-order valence-electron chi connectivity index (χ4n) is 5.00. The van der Waals surface area contributed by atoms with E-state index in [1.807, 2.05) is 37.5 Å². The molecule has 1 saturated heterocycles. The summed E-state index contributed by atoms with van der Waals surface area (Å²) in [6.45, 7) is 0.988. The van der Waals surface area contributed by atoms with Crippen LogP contribution in [0.2, 0.25) is 0 Å². The lowest BCUT2D eigenvalue weighted by Gasteiger charge is -2.26. The zero-order valence-electron chi connectivity index (χ0n) is 17.6. The standard InChI is InChI=1S/C25H27N3O3/c1-27-15-17(14-26-27)24(29)13-18-7-6-12-28(18)25(30)31-16-23-21-10-4-2-8-19(21)20-9-3-5-11-22(20)23/h2-5,8-11,14-15,18,23-24,29H,6-7,12-13,16H2,1H3. The first-order valence-corrected chi connectivity index (χ1v) is 10.9.